The Labute approximate surface area is 183 Å². The van der Waals surface area contributed by atoms with Gasteiger partial charge in [-0.15, -0.1) is 0 Å². The molecule has 0 aliphatic carbocycles. The number of nitrogens with one attached hydrogen (secondary N) is 3. The van der Waals surface area contributed by atoms with E-state index in [1.54, 1.807) is 43.4 Å². The van der Waals surface area contributed by atoms with E-state index in [-0.39, 0.29) is 12.1 Å². The molecular weight excluding hydrogens is 446 g/mol. The number of amides is 4. The lowest BCUT2D eigenvalue weighted by Crippen LogP contribution is -2.35. The summed E-state index contributed by atoms with van der Waals surface area (Å²) in [4.78, 5) is 25.5. The molecular formula is C18H18Cl4N4O2. The van der Waals surface area contributed by atoms with Crippen molar-refractivity contribution in [3.8, 4) is 0 Å². The molecule has 150 valence electrons. The molecule has 3 N–H and O–H groups in total. The lowest BCUT2D eigenvalue weighted by atomic mass is 10.3. The van der Waals surface area contributed by atoms with Gasteiger partial charge < -0.3 is 20.9 Å². The Balaban J connectivity index is 1.70. The number of rotatable bonds is 6. The zero-order valence-electron chi connectivity index (χ0n) is 14.9. The minimum absolute atomic E-state index is 0.293. The van der Waals surface area contributed by atoms with Gasteiger partial charge in [0.1, 0.15) is 0 Å². The summed E-state index contributed by atoms with van der Waals surface area (Å²) in [5, 5.41) is 9.63. The highest BCUT2D eigenvalue weighted by atomic mass is 35.5. The number of carbonyl (C=O) groups is 2. The van der Waals surface area contributed by atoms with Gasteiger partial charge in [0.25, 0.3) is 0 Å². The van der Waals surface area contributed by atoms with E-state index in [0.29, 0.717) is 51.0 Å². The van der Waals surface area contributed by atoms with Crippen LogP contribution in [0.1, 0.15) is 6.42 Å². The van der Waals surface area contributed by atoms with E-state index < -0.39 is 0 Å². The summed E-state index contributed by atoms with van der Waals surface area (Å²) in [5.41, 5.74) is 1.08. The molecule has 2 aromatic carbocycles. The average Bonchev–Trinajstić information content (AvgIpc) is 2.64. The lowest BCUT2D eigenvalue weighted by molar-refractivity contribution is 0.221. The lowest BCUT2D eigenvalue weighted by Gasteiger charge is -2.18. The predicted molar refractivity (Wildman–Crippen MR) is 116 cm³/mol. The van der Waals surface area contributed by atoms with Crippen LogP contribution in [0, 0.1) is 0 Å². The topological polar surface area (TPSA) is 73.5 Å². The first-order valence-corrected chi connectivity index (χ1v) is 9.74. The van der Waals surface area contributed by atoms with Crippen LogP contribution in [-0.4, -0.2) is 37.1 Å². The van der Waals surface area contributed by atoms with Gasteiger partial charge in [0.05, 0.1) is 20.1 Å². The van der Waals surface area contributed by atoms with Gasteiger partial charge in [-0.1, -0.05) is 46.4 Å². The number of hydrogen-bond acceptors (Lipinski definition) is 2. The third-order valence-corrected chi connectivity index (χ3v) is 5.13. The normalized spacial score (nSPS) is 10.3. The van der Waals surface area contributed by atoms with E-state index in [2.05, 4.69) is 16.0 Å². The molecule has 0 spiro atoms. The summed E-state index contributed by atoms with van der Waals surface area (Å²) in [6, 6.07) is 8.98. The maximum atomic E-state index is 12.2. The molecule has 28 heavy (non-hydrogen) atoms. The van der Waals surface area contributed by atoms with E-state index in [9.17, 15) is 9.59 Å². The second-order valence-corrected chi connectivity index (χ2v) is 7.47. The highest BCUT2D eigenvalue weighted by Crippen LogP contribution is 2.25. The van der Waals surface area contributed by atoms with Crippen molar-refractivity contribution in [1.29, 1.82) is 0 Å². The largest absolute Gasteiger partial charge is 0.338 e. The van der Waals surface area contributed by atoms with E-state index in [0.717, 1.165) is 0 Å². The first kappa shape index (κ1) is 22.4. The zero-order chi connectivity index (χ0) is 20.7. The fourth-order valence-electron chi connectivity index (χ4n) is 2.16. The van der Waals surface area contributed by atoms with Gasteiger partial charge >= 0.3 is 12.1 Å². The number of anilines is 2. The van der Waals surface area contributed by atoms with Crippen molar-refractivity contribution in [1.82, 2.24) is 10.2 Å². The van der Waals surface area contributed by atoms with Crippen LogP contribution in [0.3, 0.4) is 0 Å². The summed E-state index contributed by atoms with van der Waals surface area (Å²) >= 11 is 23.5. The van der Waals surface area contributed by atoms with Gasteiger partial charge in [0.2, 0.25) is 0 Å². The average molecular weight is 464 g/mol. The number of urea groups is 2. The number of halogens is 4. The first-order chi connectivity index (χ1) is 13.3. The SMILES string of the molecule is CN(CCCNC(=O)Nc1ccc(Cl)c(Cl)c1)C(=O)Nc1ccc(Cl)c(Cl)c1. The van der Waals surface area contributed by atoms with Crippen LogP contribution < -0.4 is 16.0 Å². The molecule has 0 aliphatic heterocycles. The van der Waals surface area contributed by atoms with Crippen LogP contribution >= 0.6 is 46.4 Å². The van der Waals surface area contributed by atoms with Crippen LogP contribution in [0.15, 0.2) is 36.4 Å². The molecule has 0 unspecified atom stereocenters. The molecule has 0 atom stereocenters. The van der Waals surface area contributed by atoms with Crippen molar-refractivity contribution in [2.45, 2.75) is 6.42 Å². The summed E-state index contributed by atoms with van der Waals surface area (Å²) in [5.74, 6) is 0. The van der Waals surface area contributed by atoms with Crippen molar-refractivity contribution >= 4 is 69.8 Å². The van der Waals surface area contributed by atoms with Gasteiger partial charge in [0.15, 0.2) is 0 Å². The quantitative estimate of drug-likeness (QED) is 0.461. The third-order valence-electron chi connectivity index (χ3n) is 3.65. The molecule has 0 fully saturated rings. The standard InChI is InChI=1S/C18H18Cl4N4O2/c1-26(18(28)25-12-4-6-14(20)16(22)10-12)8-2-7-23-17(27)24-11-3-5-13(19)15(21)9-11/h3-6,9-10H,2,7-8H2,1H3,(H,25,28)(H2,23,24,27). The fourth-order valence-corrected chi connectivity index (χ4v) is 2.76. The van der Waals surface area contributed by atoms with Crippen LogP contribution in [-0.2, 0) is 0 Å². The van der Waals surface area contributed by atoms with Crippen molar-refractivity contribution in [3.05, 3.63) is 56.5 Å². The minimum Gasteiger partial charge on any atom is -0.338 e. The van der Waals surface area contributed by atoms with E-state index >= 15 is 0 Å². The Kier molecular flexibility index (Phi) is 8.51. The summed E-state index contributed by atoms with van der Waals surface area (Å²) in [6.45, 7) is 0.831. The molecule has 0 heterocycles. The van der Waals surface area contributed by atoms with Crippen molar-refractivity contribution < 1.29 is 9.59 Å². The van der Waals surface area contributed by atoms with Gasteiger partial charge in [-0.05, 0) is 42.8 Å². The molecule has 0 saturated carbocycles. The Morgan fingerprint density at radius 1 is 0.857 bits per heavy atom. The van der Waals surface area contributed by atoms with Crippen molar-refractivity contribution in [2.75, 3.05) is 30.8 Å². The van der Waals surface area contributed by atoms with Crippen LogP contribution in [0.4, 0.5) is 21.0 Å². The molecule has 10 heteroatoms. The summed E-state index contributed by atoms with van der Waals surface area (Å²) in [7, 11) is 1.66. The molecule has 4 amide bonds. The molecule has 0 radical (unpaired) electrons. The maximum Gasteiger partial charge on any atom is 0.321 e. The van der Waals surface area contributed by atoms with E-state index in [1.165, 1.54) is 4.90 Å². The van der Waals surface area contributed by atoms with Gasteiger partial charge in [-0.25, -0.2) is 9.59 Å². The number of nitrogens with zero attached hydrogens (tertiary/aromatic N) is 1. The molecule has 0 aromatic heterocycles. The molecule has 2 rings (SSSR count). The molecule has 0 aliphatic rings. The van der Waals surface area contributed by atoms with Gasteiger partial charge in [0, 0.05) is 31.5 Å². The smallest absolute Gasteiger partial charge is 0.321 e. The molecule has 2 aromatic rings. The predicted octanol–water partition coefficient (Wildman–Crippen LogP) is 5.98. The van der Waals surface area contributed by atoms with Gasteiger partial charge in [-0.2, -0.15) is 0 Å². The maximum absolute atomic E-state index is 12.2. The Bertz CT molecular complexity index is 863. The Hall–Kier alpha value is -1.86. The second kappa shape index (κ2) is 10.6. The summed E-state index contributed by atoms with van der Waals surface area (Å²) in [6.07, 6.45) is 0.570. The third kappa shape index (κ3) is 6.95. The van der Waals surface area contributed by atoms with Crippen LogP contribution in [0.5, 0.6) is 0 Å². The van der Waals surface area contributed by atoms with Crippen molar-refractivity contribution in [3.63, 3.8) is 0 Å². The monoisotopic (exact) mass is 462 g/mol. The van der Waals surface area contributed by atoms with E-state index in [4.69, 9.17) is 46.4 Å². The van der Waals surface area contributed by atoms with Crippen molar-refractivity contribution in [2.24, 2.45) is 0 Å². The van der Waals surface area contributed by atoms with Gasteiger partial charge in [-0.3, -0.25) is 0 Å². The molecule has 6 nitrogen and oxygen atoms in total. The highest BCUT2D eigenvalue weighted by Gasteiger charge is 2.10. The zero-order valence-corrected chi connectivity index (χ0v) is 17.9. The summed E-state index contributed by atoms with van der Waals surface area (Å²) < 4.78 is 0. The Morgan fingerprint density at radius 3 is 1.93 bits per heavy atom. The second-order valence-electron chi connectivity index (χ2n) is 5.84. The number of carbonyl (C=O) groups excluding carboxylic acids is 2. The highest BCUT2D eigenvalue weighted by molar-refractivity contribution is 6.42. The number of benzene rings is 2. The van der Waals surface area contributed by atoms with E-state index in [1.807, 2.05) is 0 Å². The fraction of sp³-hybridized carbons (Fsp3) is 0.222. The number of hydrogen-bond donors (Lipinski definition) is 3. The first-order valence-electron chi connectivity index (χ1n) is 8.23. The van der Waals surface area contributed by atoms with Crippen LogP contribution in [0.2, 0.25) is 20.1 Å². The minimum atomic E-state index is -0.374. The molecule has 0 saturated heterocycles. The Morgan fingerprint density at radius 2 is 1.39 bits per heavy atom. The van der Waals surface area contributed by atoms with Crippen LogP contribution in [0.25, 0.3) is 0 Å². The molecule has 0 bridgehead atoms.